The summed E-state index contributed by atoms with van der Waals surface area (Å²) in [5.41, 5.74) is 2.05. The maximum Gasteiger partial charge on any atom is 0.225 e. The van der Waals surface area contributed by atoms with Gasteiger partial charge in [-0.15, -0.1) is 11.3 Å². The number of nitrogens with one attached hydrogen (secondary N) is 2. The minimum atomic E-state index is 0.392. The molecule has 5 nitrogen and oxygen atoms in total. The summed E-state index contributed by atoms with van der Waals surface area (Å²) in [7, 11) is 4.03. The second-order valence-electron chi connectivity index (χ2n) is 7.71. The van der Waals surface area contributed by atoms with Crippen LogP contribution in [-0.4, -0.2) is 36.1 Å². The van der Waals surface area contributed by atoms with Crippen LogP contribution in [0.15, 0.2) is 30.3 Å². The lowest BCUT2D eigenvalue weighted by molar-refractivity contribution is 0.352. The van der Waals surface area contributed by atoms with Gasteiger partial charge in [-0.3, -0.25) is 0 Å². The largest absolute Gasteiger partial charge is 0.362 e. The molecule has 4 rings (SSSR count). The van der Waals surface area contributed by atoms with Crippen LogP contribution in [-0.2, 0) is 6.54 Å². The molecule has 3 aromatic rings. The molecule has 1 saturated carbocycles. The summed E-state index contributed by atoms with van der Waals surface area (Å²) in [5, 5.41) is 8.26. The van der Waals surface area contributed by atoms with Gasteiger partial charge in [0.2, 0.25) is 5.95 Å². The van der Waals surface area contributed by atoms with Crippen LogP contribution in [0.25, 0.3) is 10.9 Å². The molecular weight excluding hydrogens is 425 g/mol. The van der Waals surface area contributed by atoms with Gasteiger partial charge in [0.15, 0.2) is 0 Å². The maximum atomic E-state index is 6.22. The molecular formula is C21H25Cl2N5S. The molecule has 0 atom stereocenters. The number of hydrogen-bond donors (Lipinski definition) is 2. The summed E-state index contributed by atoms with van der Waals surface area (Å²) in [5.74, 6) is 1.66. The molecule has 0 radical (unpaired) electrons. The Morgan fingerprint density at radius 3 is 2.48 bits per heavy atom. The van der Waals surface area contributed by atoms with E-state index in [4.69, 9.17) is 33.2 Å². The van der Waals surface area contributed by atoms with Crippen LogP contribution in [0.3, 0.4) is 0 Å². The first-order valence-corrected chi connectivity index (χ1v) is 11.4. The molecule has 0 amide bonds. The summed E-state index contributed by atoms with van der Waals surface area (Å²) in [4.78, 5) is 11.5. The maximum absolute atomic E-state index is 6.22. The predicted octanol–water partition coefficient (Wildman–Crippen LogP) is 5.58. The highest BCUT2D eigenvalue weighted by atomic mass is 35.5. The van der Waals surface area contributed by atoms with Crippen molar-refractivity contribution in [2.24, 2.45) is 0 Å². The highest BCUT2D eigenvalue weighted by Crippen LogP contribution is 2.31. The van der Waals surface area contributed by atoms with Gasteiger partial charge in [0.25, 0.3) is 0 Å². The number of rotatable bonds is 6. The molecule has 0 unspecified atom stereocenters. The van der Waals surface area contributed by atoms with Crippen molar-refractivity contribution in [3.05, 3.63) is 44.6 Å². The molecule has 154 valence electrons. The molecule has 1 aliphatic rings. The Balaban J connectivity index is 1.35. The predicted molar refractivity (Wildman–Crippen MR) is 125 cm³/mol. The van der Waals surface area contributed by atoms with E-state index in [9.17, 15) is 0 Å². The summed E-state index contributed by atoms with van der Waals surface area (Å²) >= 11 is 13.7. The number of fused-ring (bicyclic) bond motifs is 1. The van der Waals surface area contributed by atoms with E-state index in [1.807, 2.05) is 43.3 Å². The Labute approximate surface area is 185 Å². The molecule has 2 heterocycles. The van der Waals surface area contributed by atoms with Crippen LogP contribution < -0.4 is 15.5 Å². The Hall–Kier alpha value is -1.60. The average Bonchev–Trinajstić information content (AvgIpc) is 3.03. The van der Waals surface area contributed by atoms with Gasteiger partial charge in [-0.1, -0.05) is 35.3 Å². The average molecular weight is 450 g/mol. The summed E-state index contributed by atoms with van der Waals surface area (Å²) in [6, 6.07) is 11.0. The number of thiophene rings is 1. The van der Waals surface area contributed by atoms with Gasteiger partial charge < -0.3 is 15.5 Å². The van der Waals surface area contributed by atoms with E-state index in [0.717, 1.165) is 63.2 Å². The fourth-order valence-electron chi connectivity index (χ4n) is 3.84. The highest BCUT2D eigenvalue weighted by molar-refractivity contribution is 7.20. The second-order valence-corrected chi connectivity index (χ2v) is 9.99. The third kappa shape index (κ3) is 4.94. The SMILES string of the molecule is CN(C)c1nc(N[C@H]2CC[C@@H](NCc3cc(Cl)sc3Cl)CC2)nc2ccccc12. The minimum absolute atomic E-state index is 0.392. The topological polar surface area (TPSA) is 53.1 Å². The van der Waals surface area contributed by atoms with E-state index in [0.29, 0.717) is 18.0 Å². The Morgan fingerprint density at radius 2 is 1.79 bits per heavy atom. The first-order chi connectivity index (χ1) is 14.0. The first kappa shape index (κ1) is 20.7. The molecule has 0 spiro atoms. The number of aromatic nitrogens is 2. The van der Waals surface area contributed by atoms with Gasteiger partial charge in [0.1, 0.15) is 5.82 Å². The van der Waals surface area contributed by atoms with Crippen molar-refractivity contribution < 1.29 is 0 Å². The van der Waals surface area contributed by atoms with E-state index >= 15 is 0 Å². The smallest absolute Gasteiger partial charge is 0.225 e. The molecule has 1 aromatic carbocycles. The van der Waals surface area contributed by atoms with Gasteiger partial charge in [0, 0.05) is 38.1 Å². The number of para-hydroxylation sites is 1. The molecule has 2 N–H and O–H groups in total. The van der Waals surface area contributed by atoms with E-state index in [-0.39, 0.29) is 0 Å². The zero-order chi connectivity index (χ0) is 20.4. The van der Waals surface area contributed by atoms with Crippen molar-refractivity contribution in [3.63, 3.8) is 0 Å². The van der Waals surface area contributed by atoms with Crippen molar-refractivity contribution in [1.82, 2.24) is 15.3 Å². The molecule has 29 heavy (non-hydrogen) atoms. The Kier molecular flexibility index (Phi) is 6.44. The lowest BCUT2D eigenvalue weighted by atomic mass is 9.91. The zero-order valence-electron chi connectivity index (χ0n) is 16.6. The Morgan fingerprint density at radius 1 is 1.07 bits per heavy atom. The van der Waals surface area contributed by atoms with Gasteiger partial charge in [-0.05, 0) is 49.4 Å². The molecule has 0 saturated heterocycles. The number of benzene rings is 1. The molecule has 1 fully saturated rings. The number of anilines is 2. The van der Waals surface area contributed by atoms with Crippen LogP contribution in [0.5, 0.6) is 0 Å². The number of hydrogen-bond acceptors (Lipinski definition) is 6. The lowest BCUT2D eigenvalue weighted by Gasteiger charge is -2.30. The van der Waals surface area contributed by atoms with E-state index < -0.39 is 0 Å². The molecule has 8 heteroatoms. The summed E-state index contributed by atoms with van der Waals surface area (Å²) in [6.45, 7) is 0.769. The second kappa shape index (κ2) is 9.04. The minimum Gasteiger partial charge on any atom is -0.362 e. The standard InChI is InChI=1S/C21H25Cl2N5S/c1-28(2)20-16-5-3-4-6-17(16)26-21(27-20)25-15-9-7-14(8-10-15)24-12-13-11-18(22)29-19(13)23/h3-6,11,14-15,24H,7-10,12H2,1-2H3,(H,25,26,27)/t14-,15+. The fourth-order valence-corrected chi connectivity index (χ4v) is 5.33. The summed E-state index contributed by atoms with van der Waals surface area (Å²) in [6.07, 6.45) is 4.40. The van der Waals surface area contributed by atoms with Crippen LogP contribution in [0.2, 0.25) is 8.67 Å². The number of halogens is 2. The normalized spacial score (nSPS) is 19.4. The summed E-state index contributed by atoms with van der Waals surface area (Å²) < 4.78 is 1.52. The first-order valence-electron chi connectivity index (χ1n) is 9.87. The van der Waals surface area contributed by atoms with Crippen LogP contribution in [0, 0.1) is 0 Å². The van der Waals surface area contributed by atoms with Crippen LogP contribution in [0.1, 0.15) is 31.2 Å². The van der Waals surface area contributed by atoms with Crippen molar-refractivity contribution in [2.45, 2.75) is 44.3 Å². The monoisotopic (exact) mass is 449 g/mol. The fraction of sp³-hybridized carbons (Fsp3) is 0.429. The lowest BCUT2D eigenvalue weighted by Crippen LogP contribution is -2.36. The molecule has 0 bridgehead atoms. The van der Waals surface area contributed by atoms with Crippen molar-refractivity contribution in [2.75, 3.05) is 24.3 Å². The van der Waals surface area contributed by atoms with Crippen LogP contribution in [0.4, 0.5) is 11.8 Å². The van der Waals surface area contributed by atoms with E-state index in [1.165, 1.54) is 11.3 Å². The Bertz CT molecular complexity index is 982. The van der Waals surface area contributed by atoms with Crippen molar-refractivity contribution >= 4 is 57.2 Å². The third-order valence-corrected chi connectivity index (χ3v) is 6.94. The van der Waals surface area contributed by atoms with Crippen LogP contribution >= 0.6 is 34.5 Å². The van der Waals surface area contributed by atoms with Crippen molar-refractivity contribution in [3.8, 4) is 0 Å². The van der Waals surface area contributed by atoms with E-state index in [2.05, 4.69) is 16.7 Å². The quantitative estimate of drug-likeness (QED) is 0.514. The molecule has 2 aromatic heterocycles. The van der Waals surface area contributed by atoms with Gasteiger partial charge in [-0.25, -0.2) is 4.98 Å². The number of nitrogens with zero attached hydrogens (tertiary/aromatic N) is 3. The van der Waals surface area contributed by atoms with Gasteiger partial charge in [-0.2, -0.15) is 4.98 Å². The van der Waals surface area contributed by atoms with Crippen molar-refractivity contribution in [1.29, 1.82) is 0 Å². The highest BCUT2D eigenvalue weighted by Gasteiger charge is 2.22. The van der Waals surface area contributed by atoms with Gasteiger partial charge >= 0.3 is 0 Å². The van der Waals surface area contributed by atoms with E-state index in [1.54, 1.807) is 0 Å². The zero-order valence-corrected chi connectivity index (χ0v) is 18.9. The third-order valence-electron chi connectivity index (χ3n) is 5.38. The molecule has 1 aliphatic carbocycles. The van der Waals surface area contributed by atoms with Gasteiger partial charge in [0.05, 0.1) is 14.2 Å². The molecule has 0 aliphatic heterocycles.